The molecule has 144 valence electrons. The topological polar surface area (TPSA) is 75.7 Å². The molecule has 1 heterocycles. The molecule has 4 amide bonds. The molecule has 0 spiro atoms. The number of imide groups is 2. The lowest BCUT2D eigenvalue weighted by Gasteiger charge is -2.35. The highest BCUT2D eigenvalue weighted by Crippen LogP contribution is 2.26. The van der Waals surface area contributed by atoms with Gasteiger partial charge in [-0.3, -0.25) is 19.8 Å². The second kappa shape index (κ2) is 8.37. The molecule has 1 saturated carbocycles. The summed E-state index contributed by atoms with van der Waals surface area (Å²) >= 11 is 0. The van der Waals surface area contributed by atoms with E-state index in [2.05, 4.69) is 19.2 Å². The minimum atomic E-state index is -0.641. The van der Waals surface area contributed by atoms with Crippen molar-refractivity contribution in [2.75, 3.05) is 6.61 Å². The molecule has 6 heteroatoms. The number of nitrogens with one attached hydrogen (secondary N) is 1. The number of rotatable bonds is 5. The van der Waals surface area contributed by atoms with Crippen molar-refractivity contribution in [2.24, 2.45) is 5.92 Å². The molecule has 1 aliphatic heterocycles. The summed E-state index contributed by atoms with van der Waals surface area (Å²) in [5, 5.41) is 2.31. The molecule has 6 nitrogen and oxygen atoms in total. The van der Waals surface area contributed by atoms with Crippen LogP contribution in [0, 0.1) is 5.92 Å². The van der Waals surface area contributed by atoms with Crippen molar-refractivity contribution in [3.63, 3.8) is 0 Å². The van der Waals surface area contributed by atoms with Crippen LogP contribution in [0.5, 0.6) is 5.75 Å². The molecule has 1 aromatic carbocycles. The van der Waals surface area contributed by atoms with E-state index in [0.29, 0.717) is 18.1 Å². The number of carbonyl (C=O) groups is 3. The minimum absolute atomic E-state index is 0.00368. The molecule has 1 saturated heterocycles. The predicted octanol–water partition coefficient (Wildman–Crippen LogP) is 3.52. The van der Waals surface area contributed by atoms with Crippen molar-refractivity contribution in [1.82, 2.24) is 10.2 Å². The summed E-state index contributed by atoms with van der Waals surface area (Å²) in [4.78, 5) is 38.5. The molecule has 0 bridgehead atoms. The Morgan fingerprint density at radius 1 is 1.11 bits per heavy atom. The van der Waals surface area contributed by atoms with E-state index in [-0.39, 0.29) is 11.6 Å². The highest BCUT2D eigenvalue weighted by Gasteiger charge is 2.40. The Morgan fingerprint density at radius 3 is 2.41 bits per heavy atom. The van der Waals surface area contributed by atoms with Gasteiger partial charge in [0.25, 0.3) is 11.8 Å². The number of hydrogen-bond acceptors (Lipinski definition) is 4. The van der Waals surface area contributed by atoms with Crippen molar-refractivity contribution in [1.29, 1.82) is 0 Å². The van der Waals surface area contributed by atoms with E-state index in [1.54, 1.807) is 12.1 Å². The van der Waals surface area contributed by atoms with Gasteiger partial charge in [0.05, 0.1) is 6.61 Å². The second-order valence-electron chi connectivity index (χ2n) is 7.56. The molecular formula is C21H26N2O4. The molecule has 1 aromatic rings. The van der Waals surface area contributed by atoms with Crippen molar-refractivity contribution in [3.05, 3.63) is 35.4 Å². The average molecular weight is 370 g/mol. The number of barbiturate groups is 1. The number of hydrogen-bond donors (Lipinski definition) is 1. The molecule has 1 N–H and O–H groups in total. The molecule has 0 atom stereocenters. The quantitative estimate of drug-likeness (QED) is 0.636. The molecule has 0 aromatic heterocycles. The molecular weight excluding hydrogens is 344 g/mol. The fourth-order valence-electron chi connectivity index (χ4n) is 3.43. The smallest absolute Gasteiger partial charge is 0.331 e. The zero-order chi connectivity index (χ0) is 19.4. The van der Waals surface area contributed by atoms with E-state index in [9.17, 15) is 14.4 Å². The summed E-state index contributed by atoms with van der Waals surface area (Å²) in [6.07, 6.45) is 6.23. The first-order chi connectivity index (χ1) is 13.0. The van der Waals surface area contributed by atoms with Gasteiger partial charge in [-0.25, -0.2) is 4.79 Å². The summed E-state index contributed by atoms with van der Waals surface area (Å²) < 4.78 is 5.65. The third-order valence-electron chi connectivity index (χ3n) is 4.85. The van der Waals surface area contributed by atoms with Crippen LogP contribution in [0.2, 0.25) is 0 Å². The van der Waals surface area contributed by atoms with Crippen LogP contribution in [0.4, 0.5) is 4.79 Å². The highest BCUT2D eigenvalue weighted by molar-refractivity contribution is 6.31. The van der Waals surface area contributed by atoms with Gasteiger partial charge in [0.1, 0.15) is 11.3 Å². The molecule has 0 unspecified atom stereocenters. The molecule has 2 aliphatic rings. The van der Waals surface area contributed by atoms with Gasteiger partial charge in [0, 0.05) is 6.04 Å². The van der Waals surface area contributed by atoms with E-state index in [1.807, 2.05) is 12.1 Å². The first-order valence-electron chi connectivity index (χ1n) is 9.59. The lowest BCUT2D eigenvalue weighted by Crippen LogP contribution is -2.58. The van der Waals surface area contributed by atoms with Crippen LogP contribution in [0.1, 0.15) is 51.5 Å². The van der Waals surface area contributed by atoms with Gasteiger partial charge in [0.2, 0.25) is 0 Å². The van der Waals surface area contributed by atoms with Gasteiger partial charge in [-0.15, -0.1) is 0 Å². The maximum absolute atomic E-state index is 12.8. The van der Waals surface area contributed by atoms with E-state index < -0.39 is 17.8 Å². The van der Waals surface area contributed by atoms with Gasteiger partial charge < -0.3 is 4.74 Å². The third kappa shape index (κ3) is 4.56. The number of urea groups is 1. The molecule has 27 heavy (non-hydrogen) atoms. The molecule has 2 fully saturated rings. The van der Waals surface area contributed by atoms with E-state index in [0.717, 1.165) is 37.9 Å². The van der Waals surface area contributed by atoms with Crippen molar-refractivity contribution < 1.29 is 19.1 Å². The van der Waals surface area contributed by atoms with Crippen LogP contribution in [0.3, 0.4) is 0 Å². The Morgan fingerprint density at radius 2 is 1.78 bits per heavy atom. The molecule has 0 radical (unpaired) electrons. The lowest BCUT2D eigenvalue weighted by atomic mass is 9.93. The van der Waals surface area contributed by atoms with Gasteiger partial charge in [0.15, 0.2) is 0 Å². The predicted molar refractivity (Wildman–Crippen MR) is 102 cm³/mol. The monoisotopic (exact) mass is 370 g/mol. The van der Waals surface area contributed by atoms with E-state index >= 15 is 0 Å². The lowest BCUT2D eigenvalue weighted by molar-refractivity contribution is -0.132. The zero-order valence-corrected chi connectivity index (χ0v) is 15.9. The maximum Gasteiger partial charge on any atom is 0.331 e. The zero-order valence-electron chi connectivity index (χ0n) is 15.9. The standard InChI is InChI=1S/C21H26N2O4/c1-14(2)13-27-17-10-8-15(9-11-17)12-18-19(24)22-21(26)23(20(18)25)16-6-4-3-5-7-16/h8-12,14,16H,3-7,13H2,1-2H3,(H,22,24,26)/b18-12-. The van der Waals surface area contributed by atoms with Gasteiger partial charge in [-0.2, -0.15) is 0 Å². The van der Waals surface area contributed by atoms with Gasteiger partial charge in [-0.05, 0) is 42.5 Å². The Bertz CT molecular complexity index is 746. The SMILES string of the molecule is CC(C)COc1ccc(/C=C2/C(=O)NC(=O)N(C3CCCCC3)C2=O)cc1. The third-order valence-corrected chi connectivity index (χ3v) is 4.85. The van der Waals surface area contributed by atoms with Gasteiger partial charge >= 0.3 is 6.03 Å². The van der Waals surface area contributed by atoms with E-state index in [1.165, 1.54) is 11.0 Å². The van der Waals surface area contributed by atoms with Crippen LogP contribution in [0.25, 0.3) is 6.08 Å². The van der Waals surface area contributed by atoms with Crippen molar-refractivity contribution in [3.8, 4) is 5.75 Å². The summed E-state index contributed by atoms with van der Waals surface area (Å²) in [7, 11) is 0. The van der Waals surface area contributed by atoms with Crippen LogP contribution in [-0.4, -0.2) is 35.4 Å². The largest absolute Gasteiger partial charge is 0.493 e. The first-order valence-corrected chi connectivity index (χ1v) is 9.59. The Kier molecular flexibility index (Phi) is 5.94. The number of benzene rings is 1. The summed E-state index contributed by atoms with van der Waals surface area (Å²) in [5.41, 5.74) is 0.708. The fourth-order valence-corrected chi connectivity index (χ4v) is 3.43. The van der Waals surface area contributed by atoms with Crippen LogP contribution in [-0.2, 0) is 9.59 Å². The second-order valence-corrected chi connectivity index (χ2v) is 7.56. The number of amides is 4. The molecule has 1 aliphatic carbocycles. The Hall–Kier alpha value is -2.63. The Balaban J connectivity index is 1.78. The number of ether oxygens (including phenoxy) is 1. The summed E-state index contributed by atoms with van der Waals surface area (Å²) in [5.74, 6) is 0.0240. The van der Waals surface area contributed by atoms with Crippen LogP contribution < -0.4 is 10.1 Å². The average Bonchev–Trinajstić information content (AvgIpc) is 2.65. The van der Waals surface area contributed by atoms with Crippen molar-refractivity contribution in [2.45, 2.75) is 52.0 Å². The highest BCUT2D eigenvalue weighted by atomic mass is 16.5. The summed E-state index contributed by atoms with van der Waals surface area (Å²) in [6.45, 7) is 4.77. The summed E-state index contributed by atoms with van der Waals surface area (Å²) in [6, 6.07) is 6.48. The first kappa shape index (κ1) is 19.1. The van der Waals surface area contributed by atoms with Crippen molar-refractivity contribution >= 4 is 23.9 Å². The van der Waals surface area contributed by atoms with Gasteiger partial charge in [-0.1, -0.05) is 45.2 Å². The normalized spacial score (nSPS) is 20.3. The Labute approximate surface area is 159 Å². The number of nitrogens with zero attached hydrogens (tertiary/aromatic N) is 1. The number of carbonyl (C=O) groups excluding carboxylic acids is 3. The minimum Gasteiger partial charge on any atom is -0.493 e. The van der Waals surface area contributed by atoms with Crippen LogP contribution >= 0.6 is 0 Å². The maximum atomic E-state index is 12.8. The van der Waals surface area contributed by atoms with Crippen LogP contribution in [0.15, 0.2) is 29.8 Å². The fraction of sp³-hybridized carbons (Fsp3) is 0.476. The van der Waals surface area contributed by atoms with E-state index in [4.69, 9.17) is 4.74 Å². The molecule has 3 rings (SSSR count).